The number of rotatable bonds is 6. The molecule has 1 aromatic carbocycles. The second kappa shape index (κ2) is 8.63. The Hall–Kier alpha value is -1.75. The van der Waals surface area contributed by atoms with Gasteiger partial charge in [0.15, 0.2) is 0 Å². The van der Waals surface area contributed by atoms with E-state index in [-0.39, 0.29) is 17.9 Å². The molecule has 120 valence electrons. The highest BCUT2D eigenvalue weighted by Crippen LogP contribution is 2.24. The van der Waals surface area contributed by atoms with Gasteiger partial charge >= 0.3 is 6.03 Å². The molecule has 1 aromatic rings. The Labute approximate surface area is 135 Å². The zero-order valence-corrected chi connectivity index (χ0v) is 13.3. The van der Waals surface area contributed by atoms with Gasteiger partial charge in [-0.25, -0.2) is 4.79 Å². The number of hydrogen-bond donors (Lipinski definition) is 3. The Morgan fingerprint density at radius 1 is 1.05 bits per heavy atom. The van der Waals surface area contributed by atoms with Gasteiger partial charge in [-0.15, -0.1) is 0 Å². The van der Waals surface area contributed by atoms with Crippen molar-refractivity contribution in [1.82, 2.24) is 16.0 Å². The highest BCUT2D eigenvalue weighted by molar-refractivity contribution is 6.31. The summed E-state index contributed by atoms with van der Waals surface area (Å²) in [6.45, 7) is 1.24. The minimum Gasteiger partial charge on any atom is -0.354 e. The molecule has 0 atom stereocenters. The number of urea groups is 1. The van der Waals surface area contributed by atoms with Crippen LogP contribution in [0, 0.1) is 5.92 Å². The maximum atomic E-state index is 11.8. The van der Waals surface area contributed by atoms with Crippen molar-refractivity contribution >= 4 is 23.5 Å². The summed E-state index contributed by atoms with van der Waals surface area (Å²) in [6.07, 6.45) is 4.25. The van der Waals surface area contributed by atoms with Crippen molar-refractivity contribution in [3.05, 3.63) is 34.9 Å². The summed E-state index contributed by atoms with van der Waals surface area (Å²) in [7, 11) is 0. The van der Waals surface area contributed by atoms with Gasteiger partial charge in [0.05, 0.1) is 0 Å². The quantitative estimate of drug-likeness (QED) is 0.704. The largest absolute Gasteiger partial charge is 0.354 e. The molecule has 22 heavy (non-hydrogen) atoms. The molecule has 0 heterocycles. The van der Waals surface area contributed by atoms with Crippen molar-refractivity contribution < 1.29 is 9.59 Å². The van der Waals surface area contributed by atoms with Gasteiger partial charge in [0.1, 0.15) is 0 Å². The highest BCUT2D eigenvalue weighted by Gasteiger charge is 2.21. The van der Waals surface area contributed by atoms with Gasteiger partial charge in [-0.1, -0.05) is 42.6 Å². The fraction of sp³-hybridized carbons (Fsp3) is 0.500. The molecule has 3 N–H and O–H groups in total. The molecule has 1 aliphatic carbocycles. The van der Waals surface area contributed by atoms with Crippen molar-refractivity contribution in [2.24, 2.45) is 5.92 Å². The minimum absolute atomic E-state index is 0.107. The zero-order chi connectivity index (χ0) is 15.8. The Kier molecular flexibility index (Phi) is 6.52. The van der Waals surface area contributed by atoms with E-state index in [2.05, 4.69) is 16.0 Å². The smallest absolute Gasteiger partial charge is 0.315 e. The summed E-state index contributed by atoms with van der Waals surface area (Å²) in [6, 6.07) is 7.10. The molecule has 5 nitrogen and oxygen atoms in total. The molecule has 0 bridgehead atoms. The van der Waals surface area contributed by atoms with E-state index in [9.17, 15) is 9.59 Å². The summed E-state index contributed by atoms with van der Waals surface area (Å²) < 4.78 is 0. The van der Waals surface area contributed by atoms with Gasteiger partial charge in [-0.05, 0) is 24.5 Å². The van der Waals surface area contributed by atoms with E-state index in [1.165, 1.54) is 0 Å². The van der Waals surface area contributed by atoms with E-state index in [1.54, 1.807) is 6.07 Å². The van der Waals surface area contributed by atoms with E-state index in [0.717, 1.165) is 31.2 Å². The maximum absolute atomic E-state index is 11.8. The van der Waals surface area contributed by atoms with Gasteiger partial charge in [-0.2, -0.15) is 0 Å². The van der Waals surface area contributed by atoms with Crippen LogP contribution < -0.4 is 16.0 Å². The van der Waals surface area contributed by atoms with E-state index in [1.807, 2.05) is 18.2 Å². The lowest BCUT2D eigenvalue weighted by Gasteiger charge is -2.11. The van der Waals surface area contributed by atoms with E-state index in [4.69, 9.17) is 11.6 Å². The molecule has 0 radical (unpaired) electrons. The topological polar surface area (TPSA) is 70.2 Å². The number of halogens is 1. The number of benzene rings is 1. The SMILES string of the molecule is O=C(NCCNC(=O)C1CCCC1)NCc1ccccc1Cl. The van der Waals surface area contributed by atoms with E-state index >= 15 is 0 Å². The normalized spacial score (nSPS) is 14.6. The van der Waals surface area contributed by atoms with Crippen molar-refractivity contribution in [1.29, 1.82) is 0 Å². The summed E-state index contributed by atoms with van der Waals surface area (Å²) in [5.74, 6) is 0.268. The van der Waals surface area contributed by atoms with Crippen LogP contribution in [0.2, 0.25) is 5.02 Å². The van der Waals surface area contributed by atoms with Crippen LogP contribution in [0.25, 0.3) is 0 Å². The predicted molar refractivity (Wildman–Crippen MR) is 86.7 cm³/mol. The predicted octanol–water partition coefficient (Wildman–Crippen LogP) is 2.45. The molecule has 1 fully saturated rings. The fourth-order valence-electron chi connectivity index (χ4n) is 2.57. The molecular weight excluding hydrogens is 302 g/mol. The van der Waals surface area contributed by atoms with Crippen molar-refractivity contribution in [3.8, 4) is 0 Å². The molecular formula is C16H22ClN3O2. The number of nitrogens with one attached hydrogen (secondary N) is 3. The Morgan fingerprint density at radius 3 is 2.45 bits per heavy atom. The molecule has 0 spiro atoms. The Balaban J connectivity index is 1.58. The van der Waals surface area contributed by atoms with Gasteiger partial charge in [0.25, 0.3) is 0 Å². The first-order valence-corrected chi connectivity index (χ1v) is 8.07. The lowest BCUT2D eigenvalue weighted by atomic mass is 10.1. The van der Waals surface area contributed by atoms with Gasteiger partial charge in [0, 0.05) is 30.6 Å². The van der Waals surface area contributed by atoms with Crippen LogP contribution in [0.5, 0.6) is 0 Å². The summed E-state index contributed by atoms with van der Waals surface area (Å²) in [5.41, 5.74) is 0.869. The number of amides is 3. The average Bonchev–Trinajstić information content (AvgIpc) is 3.05. The van der Waals surface area contributed by atoms with Crippen LogP contribution in [0.4, 0.5) is 4.79 Å². The van der Waals surface area contributed by atoms with Crippen LogP contribution in [-0.4, -0.2) is 25.0 Å². The van der Waals surface area contributed by atoms with Crippen molar-refractivity contribution in [3.63, 3.8) is 0 Å². The number of hydrogen-bond acceptors (Lipinski definition) is 2. The molecule has 1 aliphatic rings. The fourth-order valence-corrected chi connectivity index (χ4v) is 2.78. The lowest BCUT2D eigenvalue weighted by Crippen LogP contribution is -2.41. The van der Waals surface area contributed by atoms with Crippen LogP contribution in [0.15, 0.2) is 24.3 Å². The summed E-state index contributed by atoms with van der Waals surface area (Å²) in [4.78, 5) is 23.4. The first-order chi connectivity index (χ1) is 10.7. The average molecular weight is 324 g/mol. The molecule has 0 aliphatic heterocycles. The molecule has 2 rings (SSSR count). The Bertz CT molecular complexity index is 516. The van der Waals surface area contributed by atoms with Gasteiger partial charge in [-0.3, -0.25) is 4.79 Å². The Morgan fingerprint density at radius 2 is 1.73 bits per heavy atom. The third-order valence-corrected chi connectivity index (χ3v) is 4.20. The second-order valence-electron chi connectivity index (χ2n) is 5.47. The van der Waals surface area contributed by atoms with Gasteiger partial charge in [0.2, 0.25) is 5.91 Å². The summed E-state index contributed by atoms with van der Waals surface area (Å²) >= 11 is 6.01. The molecule has 0 unspecified atom stereocenters. The van der Waals surface area contributed by atoms with Crippen LogP contribution in [0.1, 0.15) is 31.2 Å². The maximum Gasteiger partial charge on any atom is 0.315 e. The lowest BCUT2D eigenvalue weighted by molar-refractivity contribution is -0.124. The van der Waals surface area contributed by atoms with E-state index < -0.39 is 0 Å². The minimum atomic E-state index is -0.268. The standard InChI is InChI=1S/C16H22ClN3O2/c17-14-8-4-3-7-13(14)11-20-16(22)19-10-9-18-15(21)12-5-1-2-6-12/h3-4,7-8,12H,1-2,5-6,9-11H2,(H,18,21)(H2,19,20,22). The molecule has 6 heteroatoms. The number of carbonyl (C=O) groups excluding carboxylic acids is 2. The van der Waals surface area contributed by atoms with Crippen LogP contribution in [-0.2, 0) is 11.3 Å². The van der Waals surface area contributed by atoms with Crippen LogP contribution in [0.3, 0.4) is 0 Å². The monoisotopic (exact) mass is 323 g/mol. The van der Waals surface area contributed by atoms with Gasteiger partial charge < -0.3 is 16.0 Å². The highest BCUT2D eigenvalue weighted by atomic mass is 35.5. The third-order valence-electron chi connectivity index (χ3n) is 3.83. The number of carbonyl (C=O) groups is 2. The first kappa shape index (κ1) is 16.6. The van der Waals surface area contributed by atoms with Crippen molar-refractivity contribution in [2.45, 2.75) is 32.2 Å². The zero-order valence-electron chi connectivity index (χ0n) is 12.5. The third kappa shape index (κ3) is 5.22. The first-order valence-electron chi connectivity index (χ1n) is 7.69. The molecule has 1 saturated carbocycles. The molecule has 0 aromatic heterocycles. The van der Waals surface area contributed by atoms with Crippen molar-refractivity contribution in [2.75, 3.05) is 13.1 Å². The summed E-state index contributed by atoms with van der Waals surface area (Å²) in [5, 5.41) is 8.94. The van der Waals surface area contributed by atoms with Crippen LogP contribution >= 0.6 is 11.6 Å². The molecule has 3 amide bonds. The van der Waals surface area contributed by atoms with E-state index in [0.29, 0.717) is 24.7 Å². The molecule has 0 saturated heterocycles. The second-order valence-corrected chi connectivity index (χ2v) is 5.88.